The number of benzene rings is 1. The number of nitrogens with zero attached hydrogens (tertiary/aromatic N) is 2. The smallest absolute Gasteiger partial charge is 0.307 e. The second-order valence-corrected chi connectivity index (χ2v) is 6.04. The molecule has 7 nitrogen and oxygen atoms in total. The van der Waals surface area contributed by atoms with Crippen LogP contribution < -0.4 is 10.6 Å². The quantitative estimate of drug-likeness (QED) is 0.442. The molecule has 0 heterocycles. The molecule has 25 heavy (non-hydrogen) atoms. The lowest BCUT2D eigenvalue weighted by molar-refractivity contribution is -0.147. The highest BCUT2D eigenvalue weighted by Crippen LogP contribution is 2.06. The maximum atomic E-state index is 11.9. The van der Waals surface area contributed by atoms with Crippen LogP contribution in [0.25, 0.3) is 0 Å². The summed E-state index contributed by atoms with van der Waals surface area (Å²) in [5, 5.41) is 6.23. The summed E-state index contributed by atoms with van der Waals surface area (Å²) >= 11 is 0. The van der Waals surface area contributed by atoms with Crippen LogP contribution in [-0.2, 0) is 16.1 Å². The van der Waals surface area contributed by atoms with Gasteiger partial charge in [0.25, 0.3) is 5.91 Å². The number of hydrogen-bond acceptors (Lipinski definition) is 4. The lowest BCUT2D eigenvalue weighted by Crippen LogP contribution is -2.38. The third-order valence-corrected chi connectivity index (χ3v) is 3.28. The molecule has 0 radical (unpaired) electrons. The van der Waals surface area contributed by atoms with Crippen molar-refractivity contribution in [2.24, 2.45) is 4.99 Å². The molecule has 1 aromatic rings. The molecule has 7 heteroatoms. The number of carbonyl (C=O) groups excluding carboxylic acids is 2. The highest BCUT2D eigenvalue weighted by Gasteiger charge is 2.08. The highest BCUT2D eigenvalue weighted by atomic mass is 16.5. The zero-order chi connectivity index (χ0) is 18.8. The Morgan fingerprint density at radius 3 is 2.32 bits per heavy atom. The Hall–Kier alpha value is -2.57. The van der Waals surface area contributed by atoms with Gasteiger partial charge in [-0.3, -0.25) is 14.6 Å². The zero-order valence-corrected chi connectivity index (χ0v) is 15.6. The first-order valence-corrected chi connectivity index (χ1v) is 8.28. The Balaban J connectivity index is 2.42. The van der Waals surface area contributed by atoms with Crippen molar-refractivity contribution in [3.05, 3.63) is 35.4 Å². The minimum Gasteiger partial charge on any atom is -0.463 e. The Bertz CT molecular complexity index is 595. The molecule has 0 fully saturated rings. The third kappa shape index (κ3) is 7.69. The van der Waals surface area contributed by atoms with Gasteiger partial charge in [-0.1, -0.05) is 12.1 Å². The molecule has 0 aliphatic heterocycles. The third-order valence-electron chi connectivity index (χ3n) is 3.28. The molecule has 1 rings (SSSR count). The van der Waals surface area contributed by atoms with Crippen molar-refractivity contribution in [2.45, 2.75) is 32.9 Å². The van der Waals surface area contributed by atoms with Crippen LogP contribution in [0.2, 0.25) is 0 Å². The summed E-state index contributed by atoms with van der Waals surface area (Å²) in [4.78, 5) is 29.0. The van der Waals surface area contributed by atoms with Gasteiger partial charge in [-0.15, -0.1) is 0 Å². The molecule has 0 saturated heterocycles. The van der Waals surface area contributed by atoms with Crippen molar-refractivity contribution >= 4 is 17.8 Å². The van der Waals surface area contributed by atoms with E-state index in [0.717, 1.165) is 5.56 Å². The van der Waals surface area contributed by atoms with E-state index in [4.69, 9.17) is 4.74 Å². The van der Waals surface area contributed by atoms with Crippen LogP contribution >= 0.6 is 0 Å². The topological polar surface area (TPSA) is 83.0 Å². The maximum absolute atomic E-state index is 11.9. The SMILES string of the molecule is CN=C(NCCC(=O)OC(C)C)NCc1ccc(C(=O)N(C)C)cc1. The summed E-state index contributed by atoms with van der Waals surface area (Å²) in [6, 6.07) is 7.41. The van der Waals surface area contributed by atoms with Crippen LogP contribution in [0.5, 0.6) is 0 Å². The first-order chi connectivity index (χ1) is 11.8. The van der Waals surface area contributed by atoms with Crippen molar-refractivity contribution in [3.63, 3.8) is 0 Å². The van der Waals surface area contributed by atoms with E-state index in [9.17, 15) is 9.59 Å². The lowest BCUT2D eigenvalue weighted by Gasteiger charge is -2.13. The van der Waals surface area contributed by atoms with Crippen molar-refractivity contribution in [2.75, 3.05) is 27.7 Å². The summed E-state index contributed by atoms with van der Waals surface area (Å²) in [6.07, 6.45) is 0.174. The molecular formula is C18H28N4O3. The van der Waals surface area contributed by atoms with Gasteiger partial charge in [0.1, 0.15) is 0 Å². The molecule has 0 aliphatic carbocycles. The van der Waals surface area contributed by atoms with E-state index in [1.54, 1.807) is 38.2 Å². The average molecular weight is 348 g/mol. The largest absolute Gasteiger partial charge is 0.463 e. The molecule has 0 unspecified atom stereocenters. The fourth-order valence-corrected chi connectivity index (χ4v) is 2.03. The fraction of sp³-hybridized carbons (Fsp3) is 0.500. The standard InChI is InChI=1S/C18H28N4O3/c1-13(2)25-16(23)10-11-20-18(19-3)21-12-14-6-8-15(9-7-14)17(24)22(4)5/h6-9,13H,10-12H2,1-5H3,(H2,19,20,21). The second-order valence-electron chi connectivity index (χ2n) is 6.04. The van der Waals surface area contributed by atoms with Gasteiger partial charge in [-0.25, -0.2) is 0 Å². The Labute approximate surface area is 149 Å². The van der Waals surface area contributed by atoms with Gasteiger partial charge in [0, 0.05) is 39.8 Å². The van der Waals surface area contributed by atoms with Gasteiger partial charge in [0.2, 0.25) is 0 Å². The van der Waals surface area contributed by atoms with Gasteiger partial charge in [0.05, 0.1) is 12.5 Å². The van der Waals surface area contributed by atoms with Crippen molar-refractivity contribution in [3.8, 4) is 0 Å². The highest BCUT2D eigenvalue weighted by molar-refractivity contribution is 5.93. The van der Waals surface area contributed by atoms with Crippen LogP contribution in [0.3, 0.4) is 0 Å². The molecule has 0 atom stereocenters. The lowest BCUT2D eigenvalue weighted by atomic mass is 10.1. The minimum atomic E-state index is -0.237. The van der Waals surface area contributed by atoms with Crippen molar-refractivity contribution in [1.29, 1.82) is 0 Å². The minimum absolute atomic E-state index is 0.0229. The molecule has 1 amide bonds. The normalized spacial score (nSPS) is 11.2. The van der Waals surface area contributed by atoms with Gasteiger partial charge < -0.3 is 20.3 Å². The summed E-state index contributed by atoms with van der Waals surface area (Å²) in [5.74, 6) is 0.343. The number of carbonyl (C=O) groups is 2. The maximum Gasteiger partial charge on any atom is 0.307 e. The number of rotatable bonds is 7. The second kappa shape index (κ2) is 10.3. The molecule has 2 N–H and O–H groups in total. The number of hydrogen-bond donors (Lipinski definition) is 2. The van der Waals surface area contributed by atoms with Crippen LogP contribution in [0.15, 0.2) is 29.3 Å². The van der Waals surface area contributed by atoms with E-state index < -0.39 is 0 Å². The molecule has 0 saturated carbocycles. The summed E-state index contributed by atoms with van der Waals surface area (Å²) < 4.78 is 5.07. The van der Waals surface area contributed by atoms with Gasteiger partial charge in [-0.2, -0.15) is 0 Å². The number of guanidine groups is 1. The summed E-state index contributed by atoms with van der Waals surface area (Å²) in [5.41, 5.74) is 1.68. The van der Waals surface area contributed by atoms with Crippen LogP contribution in [0, 0.1) is 0 Å². The number of nitrogens with one attached hydrogen (secondary N) is 2. The van der Waals surface area contributed by atoms with Gasteiger partial charge in [0.15, 0.2) is 5.96 Å². The van der Waals surface area contributed by atoms with E-state index >= 15 is 0 Å². The number of esters is 1. The number of amides is 1. The van der Waals surface area contributed by atoms with E-state index in [1.165, 1.54) is 0 Å². The van der Waals surface area contributed by atoms with E-state index in [-0.39, 0.29) is 24.4 Å². The summed E-state index contributed by atoms with van der Waals surface area (Å²) in [7, 11) is 5.12. The van der Waals surface area contributed by atoms with Crippen LogP contribution in [0.1, 0.15) is 36.2 Å². The molecule has 0 spiro atoms. The molecule has 138 valence electrons. The molecule has 0 aliphatic rings. The predicted molar refractivity (Wildman–Crippen MR) is 98.5 cm³/mol. The van der Waals surface area contributed by atoms with Crippen molar-refractivity contribution < 1.29 is 14.3 Å². The van der Waals surface area contributed by atoms with E-state index in [0.29, 0.717) is 24.6 Å². The summed E-state index contributed by atoms with van der Waals surface area (Å²) in [6.45, 7) is 4.65. The predicted octanol–water partition coefficient (Wildman–Crippen LogP) is 1.40. The number of ether oxygens (including phenoxy) is 1. The van der Waals surface area contributed by atoms with Crippen molar-refractivity contribution in [1.82, 2.24) is 15.5 Å². The fourth-order valence-electron chi connectivity index (χ4n) is 2.03. The monoisotopic (exact) mass is 348 g/mol. The number of aliphatic imine (C=N–C) groups is 1. The molecule has 1 aromatic carbocycles. The van der Waals surface area contributed by atoms with E-state index in [1.807, 2.05) is 26.0 Å². The Morgan fingerprint density at radius 2 is 1.80 bits per heavy atom. The molecule has 0 aromatic heterocycles. The first kappa shape index (κ1) is 20.5. The zero-order valence-electron chi connectivity index (χ0n) is 15.6. The van der Waals surface area contributed by atoms with Crippen LogP contribution in [-0.4, -0.2) is 56.5 Å². The van der Waals surface area contributed by atoms with Crippen LogP contribution in [0.4, 0.5) is 0 Å². The average Bonchev–Trinajstić information content (AvgIpc) is 2.57. The van der Waals surface area contributed by atoms with E-state index in [2.05, 4.69) is 15.6 Å². The Kier molecular flexibility index (Phi) is 8.46. The van der Waals surface area contributed by atoms with Gasteiger partial charge >= 0.3 is 5.97 Å². The first-order valence-electron chi connectivity index (χ1n) is 8.28. The van der Waals surface area contributed by atoms with Gasteiger partial charge in [-0.05, 0) is 31.5 Å². The Morgan fingerprint density at radius 1 is 1.16 bits per heavy atom. The molecular weight excluding hydrogens is 320 g/mol. The molecule has 0 bridgehead atoms.